The third-order valence-electron chi connectivity index (χ3n) is 3.81. The van der Waals surface area contributed by atoms with Crippen LogP contribution in [0.15, 0.2) is 48.5 Å². The van der Waals surface area contributed by atoms with Gasteiger partial charge in [-0.15, -0.1) is 0 Å². The predicted molar refractivity (Wildman–Crippen MR) is 95.9 cm³/mol. The maximum Gasteiger partial charge on any atom is 0.251 e. The first-order chi connectivity index (χ1) is 11.6. The van der Waals surface area contributed by atoms with Crippen LogP contribution in [0.25, 0.3) is 0 Å². The molecule has 0 spiro atoms. The van der Waals surface area contributed by atoms with Crippen LogP contribution in [-0.2, 0) is 6.42 Å². The van der Waals surface area contributed by atoms with E-state index >= 15 is 0 Å². The molecular weight excluding hydrogens is 302 g/mol. The summed E-state index contributed by atoms with van der Waals surface area (Å²) in [5.41, 5.74) is 1.85. The maximum absolute atomic E-state index is 12.4. The highest BCUT2D eigenvalue weighted by Gasteiger charge is 2.13. The molecule has 0 fully saturated rings. The van der Waals surface area contributed by atoms with Crippen LogP contribution in [0.5, 0.6) is 11.5 Å². The molecule has 0 bridgehead atoms. The van der Waals surface area contributed by atoms with Crippen molar-refractivity contribution < 1.29 is 14.3 Å². The van der Waals surface area contributed by atoms with Crippen molar-refractivity contribution in [3.05, 3.63) is 59.7 Å². The van der Waals surface area contributed by atoms with Crippen molar-refractivity contribution in [1.82, 2.24) is 5.32 Å². The third-order valence-corrected chi connectivity index (χ3v) is 3.81. The van der Waals surface area contributed by atoms with Gasteiger partial charge in [0.1, 0.15) is 0 Å². The molecule has 24 heavy (non-hydrogen) atoms. The van der Waals surface area contributed by atoms with Crippen LogP contribution in [0.1, 0.15) is 36.2 Å². The van der Waals surface area contributed by atoms with E-state index in [1.54, 1.807) is 25.3 Å². The Morgan fingerprint density at radius 2 is 1.88 bits per heavy atom. The average molecular weight is 327 g/mol. The van der Waals surface area contributed by atoms with Crippen LogP contribution in [-0.4, -0.2) is 25.7 Å². The van der Waals surface area contributed by atoms with Crippen molar-refractivity contribution in [2.24, 2.45) is 0 Å². The summed E-state index contributed by atoms with van der Waals surface area (Å²) >= 11 is 0. The number of ether oxygens (including phenoxy) is 2. The number of methoxy groups -OCH3 is 1. The van der Waals surface area contributed by atoms with E-state index in [1.807, 2.05) is 32.0 Å². The molecule has 4 nitrogen and oxygen atoms in total. The molecule has 128 valence electrons. The first-order valence-electron chi connectivity index (χ1n) is 8.29. The lowest BCUT2D eigenvalue weighted by Gasteiger charge is -2.15. The number of benzene rings is 2. The van der Waals surface area contributed by atoms with E-state index in [2.05, 4.69) is 17.4 Å². The normalized spacial score (nSPS) is 11.6. The number of hydrogen-bond donors (Lipinski definition) is 1. The fourth-order valence-corrected chi connectivity index (χ4v) is 2.49. The molecule has 1 atom stereocenters. The summed E-state index contributed by atoms with van der Waals surface area (Å²) in [7, 11) is 1.57. The van der Waals surface area contributed by atoms with Crippen LogP contribution in [0.4, 0.5) is 0 Å². The first kappa shape index (κ1) is 17.9. The lowest BCUT2D eigenvalue weighted by molar-refractivity contribution is 0.0938. The van der Waals surface area contributed by atoms with E-state index in [4.69, 9.17) is 9.47 Å². The molecule has 0 aliphatic rings. The van der Waals surface area contributed by atoms with Gasteiger partial charge in [0.05, 0.1) is 13.7 Å². The highest BCUT2D eigenvalue weighted by atomic mass is 16.5. The molecule has 0 unspecified atom stereocenters. The Balaban J connectivity index is 1.93. The number of carbonyl (C=O) groups excluding carboxylic acids is 1. The summed E-state index contributed by atoms with van der Waals surface area (Å²) < 4.78 is 10.8. The Morgan fingerprint density at radius 1 is 1.12 bits per heavy atom. The second-order valence-corrected chi connectivity index (χ2v) is 5.70. The number of aryl methyl sites for hydroxylation is 1. The minimum atomic E-state index is -0.100. The summed E-state index contributed by atoms with van der Waals surface area (Å²) in [6.07, 6.45) is 1.83. The van der Waals surface area contributed by atoms with Gasteiger partial charge in [-0.2, -0.15) is 0 Å². The molecule has 1 N–H and O–H groups in total. The molecule has 0 saturated heterocycles. The molecule has 0 aromatic heterocycles. The van der Waals surface area contributed by atoms with Crippen LogP contribution in [0.3, 0.4) is 0 Å². The lowest BCUT2D eigenvalue weighted by Crippen LogP contribution is -2.32. The Hall–Kier alpha value is -2.49. The van der Waals surface area contributed by atoms with Crippen LogP contribution >= 0.6 is 0 Å². The standard InChI is InChI=1S/C20H25NO3/c1-4-24-18-13-12-17(14-19(18)23-3)20(22)21-15(2)10-11-16-8-6-5-7-9-16/h5-9,12-15H,4,10-11H2,1-3H3,(H,21,22)/t15-/m1/s1. The van der Waals surface area contributed by atoms with Gasteiger partial charge in [-0.25, -0.2) is 0 Å². The molecule has 0 aliphatic heterocycles. The van der Waals surface area contributed by atoms with E-state index in [-0.39, 0.29) is 11.9 Å². The van der Waals surface area contributed by atoms with Gasteiger partial charge in [0.25, 0.3) is 5.91 Å². The molecule has 2 rings (SSSR count). The average Bonchev–Trinajstić information content (AvgIpc) is 2.61. The predicted octanol–water partition coefficient (Wildman–Crippen LogP) is 3.85. The second kappa shape index (κ2) is 8.96. The van der Waals surface area contributed by atoms with Crippen molar-refractivity contribution in [2.75, 3.05) is 13.7 Å². The number of rotatable bonds is 8. The number of carbonyl (C=O) groups is 1. The van der Waals surface area contributed by atoms with Crippen molar-refractivity contribution in [2.45, 2.75) is 32.7 Å². The molecule has 2 aromatic carbocycles. The second-order valence-electron chi connectivity index (χ2n) is 5.70. The Kier molecular flexibility index (Phi) is 6.67. The topological polar surface area (TPSA) is 47.6 Å². The van der Waals surface area contributed by atoms with E-state index in [0.29, 0.717) is 23.7 Å². The summed E-state index contributed by atoms with van der Waals surface area (Å²) in [4.78, 5) is 12.4. The summed E-state index contributed by atoms with van der Waals surface area (Å²) in [5.74, 6) is 1.12. The summed E-state index contributed by atoms with van der Waals surface area (Å²) in [6, 6.07) is 15.6. The minimum absolute atomic E-state index is 0.0928. The molecule has 0 saturated carbocycles. The van der Waals surface area contributed by atoms with Crippen molar-refractivity contribution >= 4 is 5.91 Å². The largest absolute Gasteiger partial charge is 0.493 e. The minimum Gasteiger partial charge on any atom is -0.493 e. The monoisotopic (exact) mass is 327 g/mol. The zero-order chi connectivity index (χ0) is 17.4. The highest BCUT2D eigenvalue weighted by molar-refractivity contribution is 5.95. The first-order valence-corrected chi connectivity index (χ1v) is 8.29. The molecule has 4 heteroatoms. The van der Waals surface area contributed by atoms with Gasteiger partial charge >= 0.3 is 0 Å². The van der Waals surface area contributed by atoms with E-state index in [0.717, 1.165) is 12.8 Å². The van der Waals surface area contributed by atoms with Gasteiger partial charge in [0, 0.05) is 11.6 Å². The van der Waals surface area contributed by atoms with Gasteiger partial charge in [-0.1, -0.05) is 30.3 Å². The molecule has 1 amide bonds. The van der Waals surface area contributed by atoms with Gasteiger partial charge in [0.2, 0.25) is 0 Å². The number of amides is 1. The van der Waals surface area contributed by atoms with Crippen molar-refractivity contribution in [3.63, 3.8) is 0 Å². The van der Waals surface area contributed by atoms with Crippen LogP contribution in [0, 0.1) is 0 Å². The maximum atomic E-state index is 12.4. The Labute approximate surface area is 143 Å². The van der Waals surface area contributed by atoms with E-state index in [1.165, 1.54) is 5.56 Å². The Morgan fingerprint density at radius 3 is 2.54 bits per heavy atom. The quantitative estimate of drug-likeness (QED) is 0.801. The van der Waals surface area contributed by atoms with Crippen LogP contribution < -0.4 is 14.8 Å². The summed E-state index contributed by atoms with van der Waals surface area (Å²) in [5, 5.41) is 3.03. The molecule has 2 aromatic rings. The molecule has 0 heterocycles. The van der Waals surface area contributed by atoms with Gasteiger partial charge in [-0.05, 0) is 50.5 Å². The third kappa shape index (κ3) is 5.01. The SMILES string of the molecule is CCOc1ccc(C(=O)N[C@H](C)CCc2ccccc2)cc1OC. The van der Waals surface area contributed by atoms with Crippen LogP contribution in [0.2, 0.25) is 0 Å². The van der Waals surface area contributed by atoms with Crippen molar-refractivity contribution in [3.8, 4) is 11.5 Å². The zero-order valence-corrected chi connectivity index (χ0v) is 14.5. The van der Waals surface area contributed by atoms with Gasteiger partial charge < -0.3 is 14.8 Å². The number of nitrogens with one attached hydrogen (secondary N) is 1. The van der Waals surface area contributed by atoms with Crippen molar-refractivity contribution in [1.29, 1.82) is 0 Å². The van der Waals surface area contributed by atoms with E-state index < -0.39 is 0 Å². The fraction of sp³-hybridized carbons (Fsp3) is 0.350. The Bertz CT molecular complexity index is 655. The lowest BCUT2D eigenvalue weighted by atomic mass is 10.1. The van der Waals surface area contributed by atoms with E-state index in [9.17, 15) is 4.79 Å². The smallest absolute Gasteiger partial charge is 0.251 e. The zero-order valence-electron chi connectivity index (χ0n) is 14.5. The molecular formula is C20H25NO3. The summed E-state index contributed by atoms with van der Waals surface area (Å²) in [6.45, 7) is 4.49. The highest BCUT2D eigenvalue weighted by Crippen LogP contribution is 2.28. The van der Waals surface area contributed by atoms with Gasteiger partial charge in [-0.3, -0.25) is 4.79 Å². The molecule has 0 radical (unpaired) electrons. The number of hydrogen-bond acceptors (Lipinski definition) is 3. The molecule has 0 aliphatic carbocycles. The fourth-order valence-electron chi connectivity index (χ4n) is 2.49. The van der Waals surface area contributed by atoms with Gasteiger partial charge in [0.15, 0.2) is 11.5 Å².